The third-order valence-corrected chi connectivity index (χ3v) is 5.68. The molecule has 5 rings (SSSR count). The summed E-state index contributed by atoms with van der Waals surface area (Å²) in [5.41, 5.74) is 1.18. The van der Waals surface area contributed by atoms with Gasteiger partial charge in [0.2, 0.25) is 0 Å². The number of hydrogen-bond acceptors (Lipinski definition) is 7. The second-order valence-corrected chi connectivity index (χ2v) is 7.69. The van der Waals surface area contributed by atoms with E-state index in [-0.39, 0.29) is 17.1 Å². The Labute approximate surface area is 188 Å². The molecule has 166 valence electrons. The highest BCUT2D eigenvalue weighted by atomic mass is 16.6. The lowest BCUT2D eigenvalue weighted by molar-refractivity contribution is -0.384. The van der Waals surface area contributed by atoms with Gasteiger partial charge in [-0.2, -0.15) is 9.78 Å². The Morgan fingerprint density at radius 2 is 1.73 bits per heavy atom. The number of rotatable bonds is 4. The molecule has 0 saturated carbocycles. The van der Waals surface area contributed by atoms with Crippen LogP contribution in [-0.2, 0) is 4.74 Å². The third-order valence-electron chi connectivity index (χ3n) is 5.68. The molecule has 33 heavy (non-hydrogen) atoms. The molecule has 9 heteroatoms. The van der Waals surface area contributed by atoms with Gasteiger partial charge in [-0.1, -0.05) is 30.3 Å². The first-order chi connectivity index (χ1) is 16.0. The summed E-state index contributed by atoms with van der Waals surface area (Å²) in [6, 6.07) is 18.2. The molecule has 0 radical (unpaired) electrons. The van der Waals surface area contributed by atoms with Crippen LogP contribution in [0.4, 0.5) is 11.4 Å². The standard InChI is InChI=1S/C24H20N4O5/c29-18-5-3-4-16(14-18)23-19-6-1-2-7-20(19)24(30)27(25-23)22-15-17(8-9-21(22)28(31)32)26-10-12-33-13-11-26/h1-9,14-15,29H,10-13H2. The Morgan fingerprint density at radius 1 is 0.970 bits per heavy atom. The number of nitrogens with zero attached hydrogens (tertiary/aromatic N) is 4. The number of nitro groups is 1. The molecule has 9 nitrogen and oxygen atoms in total. The average molecular weight is 444 g/mol. The van der Waals surface area contributed by atoms with Gasteiger partial charge >= 0.3 is 0 Å². The van der Waals surface area contributed by atoms with Crippen molar-refractivity contribution in [2.75, 3.05) is 31.2 Å². The summed E-state index contributed by atoms with van der Waals surface area (Å²) in [5.74, 6) is 0.0522. The van der Waals surface area contributed by atoms with Crippen molar-refractivity contribution in [2.45, 2.75) is 0 Å². The fraction of sp³-hybridized carbons (Fsp3) is 0.167. The van der Waals surface area contributed by atoms with E-state index in [0.717, 1.165) is 10.4 Å². The first-order valence-corrected chi connectivity index (χ1v) is 10.5. The van der Waals surface area contributed by atoms with E-state index in [2.05, 4.69) is 10.00 Å². The fourth-order valence-corrected chi connectivity index (χ4v) is 4.07. The predicted octanol–water partition coefficient (Wildman–Crippen LogP) is 3.50. The topological polar surface area (TPSA) is 111 Å². The Hall–Kier alpha value is -4.24. The van der Waals surface area contributed by atoms with Gasteiger partial charge in [0, 0.05) is 35.8 Å². The van der Waals surface area contributed by atoms with Gasteiger partial charge in [-0.3, -0.25) is 14.9 Å². The normalized spacial score (nSPS) is 13.9. The van der Waals surface area contributed by atoms with E-state index in [1.807, 2.05) is 0 Å². The number of anilines is 1. The van der Waals surface area contributed by atoms with Gasteiger partial charge in [-0.25, -0.2) is 0 Å². The summed E-state index contributed by atoms with van der Waals surface area (Å²) in [6.07, 6.45) is 0. The molecule has 0 spiro atoms. The molecule has 1 fully saturated rings. The average Bonchev–Trinajstić information content (AvgIpc) is 2.84. The monoisotopic (exact) mass is 444 g/mol. The number of benzene rings is 3. The van der Waals surface area contributed by atoms with Gasteiger partial charge in [0.15, 0.2) is 0 Å². The Kier molecular flexibility index (Phi) is 5.23. The first kappa shape index (κ1) is 20.7. The largest absolute Gasteiger partial charge is 0.508 e. The second-order valence-electron chi connectivity index (χ2n) is 7.69. The molecule has 0 bridgehead atoms. The van der Waals surface area contributed by atoms with Crippen LogP contribution in [0.15, 0.2) is 71.5 Å². The van der Waals surface area contributed by atoms with E-state index in [0.29, 0.717) is 48.3 Å². The number of morpholine rings is 1. The van der Waals surface area contributed by atoms with Gasteiger partial charge in [0.1, 0.15) is 11.4 Å². The van der Waals surface area contributed by atoms with Crippen LogP contribution in [0.25, 0.3) is 27.7 Å². The second kappa shape index (κ2) is 8.36. The van der Waals surface area contributed by atoms with Gasteiger partial charge in [0.25, 0.3) is 11.2 Å². The van der Waals surface area contributed by atoms with E-state index < -0.39 is 10.5 Å². The number of fused-ring (bicyclic) bond motifs is 1. The van der Waals surface area contributed by atoms with E-state index in [1.165, 1.54) is 6.07 Å². The van der Waals surface area contributed by atoms with Crippen molar-refractivity contribution >= 4 is 22.1 Å². The summed E-state index contributed by atoms with van der Waals surface area (Å²) in [4.78, 5) is 26.8. The maximum atomic E-state index is 13.4. The number of ether oxygens (including phenoxy) is 1. The zero-order valence-electron chi connectivity index (χ0n) is 17.5. The number of aromatic hydroxyl groups is 1. The summed E-state index contributed by atoms with van der Waals surface area (Å²) >= 11 is 0. The van der Waals surface area contributed by atoms with Crippen LogP contribution in [0.3, 0.4) is 0 Å². The van der Waals surface area contributed by atoms with Gasteiger partial charge in [-0.05, 0) is 30.3 Å². The summed E-state index contributed by atoms with van der Waals surface area (Å²) in [5, 5.41) is 27.4. The summed E-state index contributed by atoms with van der Waals surface area (Å²) < 4.78 is 6.49. The lowest BCUT2D eigenvalue weighted by Crippen LogP contribution is -2.36. The number of hydrogen-bond donors (Lipinski definition) is 1. The molecular formula is C24H20N4O5. The van der Waals surface area contributed by atoms with E-state index in [4.69, 9.17) is 4.74 Å². The van der Waals surface area contributed by atoms with Crippen molar-refractivity contribution < 1.29 is 14.8 Å². The number of phenolic OH excluding ortho intramolecular Hbond substituents is 1. The predicted molar refractivity (Wildman–Crippen MR) is 124 cm³/mol. The van der Waals surface area contributed by atoms with Crippen molar-refractivity contribution in [3.63, 3.8) is 0 Å². The molecule has 1 saturated heterocycles. The maximum Gasteiger partial charge on any atom is 0.295 e. The number of aromatic nitrogens is 2. The lowest BCUT2D eigenvalue weighted by atomic mass is 10.0. The van der Waals surface area contributed by atoms with Crippen LogP contribution < -0.4 is 10.5 Å². The molecule has 2 heterocycles. The molecule has 1 aromatic heterocycles. The minimum absolute atomic E-state index is 0.0522. The highest BCUT2D eigenvalue weighted by molar-refractivity contribution is 5.94. The number of nitro benzene ring substituents is 1. The molecule has 0 unspecified atom stereocenters. The van der Waals surface area contributed by atoms with E-state index in [1.54, 1.807) is 60.7 Å². The summed E-state index contributed by atoms with van der Waals surface area (Å²) in [6.45, 7) is 2.40. The molecule has 4 aromatic rings. The number of phenols is 1. The van der Waals surface area contributed by atoms with Crippen molar-refractivity contribution in [2.24, 2.45) is 0 Å². The Balaban J connectivity index is 1.79. The zero-order valence-corrected chi connectivity index (χ0v) is 17.5. The zero-order chi connectivity index (χ0) is 22.9. The molecule has 3 aromatic carbocycles. The van der Waals surface area contributed by atoms with Crippen LogP contribution in [-0.4, -0.2) is 46.1 Å². The van der Waals surface area contributed by atoms with Crippen LogP contribution in [0.5, 0.6) is 5.75 Å². The Morgan fingerprint density at radius 3 is 2.45 bits per heavy atom. The smallest absolute Gasteiger partial charge is 0.295 e. The minimum Gasteiger partial charge on any atom is -0.508 e. The molecule has 0 amide bonds. The highest BCUT2D eigenvalue weighted by Gasteiger charge is 2.23. The maximum absolute atomic E-state index is 13.4. The summed E-state index contributed by atoms with van der Waals surface area (Å²) in [7, 11) is 0. The minimum atomic E-state index is -0.518. The lowest BCUT2D eigenvalue weighted by Gasteiger charge is -2.29. The molecule has 1 N–H and O–H groups in total. The molecule has 0 atom stereocenters. The van der Waals surface area contributed by atoms with Crippen LogP contribution in [0, 0.1) is 10.1 Å². The Bertz CT molecular complexity index is 1430. The van der Waals surface area contributed by atoms with Crippen LogP contribution in [0.1, 0.15) is 0 Å². The van der Waals surface area contributed by atoms with Gasteiger partial charge in [-0.15, -0.1) is 0 Å². The van der Waals surface area contributed by atoms with Gasteiger partial charge in [0.05, 0.1) is 29.2 Å². The third kappa shape index (κ3) is 3.79. The van der Waals surface area contributed by atoms with Crippen molar-refractivity contribution in [3.8, 4) is 22.7 Å². The van der Waals surface area contributed by atoms with Crippen molar-refractivity contribution in [1.82, 2.24) is 9.78 Å². The van der Waals surface area contributed by atoms with Crippen LogP contribution >= 0.6 is 0 Å². The first-order valence-electron chi connectivity index (χ1n) is 10.5. The SMILES string of the molecule is O=c1c2ccccc2c(-c2cccc(O)c2)nn1-c1cc(N2CCOCC2)ccc1[N+](=O)[O-]. The highest BCUT2D eigenvalue weighted by Crippen LogP contribution is 2.31. The van der Waals surface area contributed by atoms with Crippen molar-refractivity contribution in [1.29, 1.82) is 0 Å². The molecule has 1 aliphatic heterocycles. The van der Waals surface area contributed by atoms with Crippen molar-refractivity contribution in [3.05, 3.63) is 87.2 Å². The quantitative estimate of drug-likeness (QED) is 0.379. The molecule has 0 aliphatic carbocycles. The molecule has 1 aliphatic rings. The van der Waals surface area contributed by atoms with Crippen LogP contribution in [0.2, 0.25) is 0 Å². The molecular weight excluding hydrogens is 424 g/mol. The van der Waals surface area contributed by atoms with E-state index >= 15 is 0 Å². The van der Waals surface area contributed by atoms with E-state index in [9.17, 15) is 20.0 Å². The fourth-order valence-electron chi connectivity index (χ4n) is 4.07. The van der Waals surface area contributed by atoms with Gasteiger partial charge < -0.3 is 14.7 Å².